The zero-order valence-corrected chi connectivity index (χ0v) is 37.5. The van der Waals surface area contributed by atoms with Crippen LogP contribution in [0.5, 0.6) is 0 Å². The van der Waals surface area contributed by atoms with Crippen molar-refractivity contribution in [3.63, 3.8) is 0 Å². The predicted octanol–water partition coefficient (Wildman–Crippen LogP) is 6.12. The molecule has 2 N–H and O–H groups in total. The molecule has 1 amide bonds. The van der Waals surface area contributed by atoms with Gasteiger partial charge in [0.1, 0.15) is 23.4 Å². The number of piperidine rings is 1. The monoisotopic (exact) mass is 934 g/mol. The number of H-pyrrole nitrogens is 1. The predicted molar refractivity (Wildman–Crippen MR) is 245 cm³/mol. The van der Waals surface area contributed by atoms with Crippen LogP contribution in [0.2, 0.25) is 0 Å². The van der Waals surface area contributed by atoms with Gasteiger partial charge in [0, 0.05) is 123 Å². The molecular formula is C49H49F3N8O6S. The molecule has 0 radical (unpaired) electrons. The Bertz CT molecular complexity index is 2960. The van der Waals surface area contributed by atoms with Crippen LogP contribution in [0.25, 0.3) is 22.2 Å². The molecule has 4 saturated heterocycles. The molecule has 0 bridgehead atoms. The Labute approximate surface area is 385 Å². The normalized spacial score (nSPS) is 22.4. The SMILES string of the molecule is O=C1CC[C@@H](N2Cc3cc(N4CCC(CN5CC6(C5)CN(c5ccc(-c7cnc8[nH]cc(C(=O)c9c(F)ccc(NS(=O)(=O)N%10CC[C@@H](F)C%10)c9F)c8c7)cc5)C6)CC4)ccc3C2=O)C(=O)C1. The van der Waals surface area contributed by atoms with E-state index in [-0.39, 0.29) is 54.4 Å². The fourth-order valence-corrected chi connectivity index (χ4v) is 12.4. The van der Waals surface area contributed by atoms with E-state index in [1.165, 1.54) is 6.20 Å². The van der Waals surface area contributed by atoms with Crippen molar-refractivity contribution in [2.75, 3.05) is 73.4 Å². The zero-order valence-electron chi connectivity index (χ0n) is 36.6. The zero-order chi connectivity index (χ0) is 46.4. The van der Waals surface area contributed by atoms with Crippen LogP contribution < -0.4 is 14.5 Å². The first-order valence-electron chi connectivity index (χ1n) is 22.9. The third-order valence-electron chi connectivity index (χ3n) is 14.7. The van der Waals surface area contributed by atoms with Gasteiger partial charge in [-0.2, -0.15) is 12.7 Å². The third-order valence-corrected chi connectivity index (χ3v) is 16.2. The largest absolute Gasteiger partial charge is 0.372 e. The molecule has 7 heterocycles. The maximum Gasteiger partial charge on any atom is 0.301 e. The quantitative estimate of drug-likeness (QED) is 0.117. The molecule has 2 atom stereocenters. The van der Waals surface area contributed by atoms with Gasteiger partial charge in [0.2, 0.25) is 5.78 Å². The number of nitrogens with one attached hydrogen (secondary N) is 2. The van der Waals surface area contributed by atoms with E-state index in [4.69, 9.17) is 0 Å². The molecule has 67 heavy (non-hydrogen) atoms. The Kier molecular flexibility index (Phi) is 10.8. The molecule has 11 rings (SSSR count). The van der Waals surface area contributed by atoms with Crippen molar-refractivity contribution in [1.29, 1.82) is 0 Å². The topological polar surface area (TPSA) is 159 Å². The number of alkyl halides is 1. The van der Waals surface area contributed by atoms with Crippen molar-refractivity contribution in [3.05, 3.63) is 107 Å². The molecule has 2 aromatic heterocycles. The summed E-state index contributed by atoms with van der Waals surface area (Å²) in [7, 11) is -4.35. The maximum atomic E-state index is 15.8. The fraction of sp³-hybridized carbons (Fsp3) is 0.408. The van der Waals surface area contributed by atoms with Crippen molar-refractivity contribution in [1.82, 2.24) is 24.1 Å². The van der Waals surface area contributed by atoms with Gasteiger partial charge < -0.3 is 24.6 Å². The molecule has 1 saturated carbocycles. The standard InChI is InChI=1S/C49H49F3N8O6S/c50-33-13-16-59(24-33)67(65,66)55-41-9-8-40(51)44(45(41)52)46(63)39-21-54-47-38(39)18-31(20-53-47)30-1-3-34(4-2-30)58-27-49(28-58)25-56(26-49)22-29-11-14-57(15-12-29)35-5-7-37-32(17-35)23-60(48(37)64)42-10-6-36(61)19-43(42)62/h1-5,7-9,17-18,20-21,29,33,42,55H,6,10-16,19,22-28H2,(H,53,54)/t33-,42-/m1/s1. The van der Waals surface area contributed by atoms with Crippen molar-refractivity contribution in [2.24, 2.45) is 11.3 Å². The number of ketones is 3. The van der Waals surface area contributed by atoms with Crippen LogP contribution >= 0.6 is 0 Å². The molecule has 1 aliphatic carbocycles. The lowest BCUT2D eigenvalue weighted by molar-refractivity contribution is -0.133. The number of hydrogen-bond acceptors (Lipinski definition) is 10. The first-order valence-corrected chi connectivity index (χ1v) is 24.4. The van der Waals surface area contributed by atoms with Crippen LogP contribution in [-0.4, -0.2) is 127 Å². The number of nitrogens with zero attached hydrogens (tertiary/aromatic N) is 6. The number of amides is 1. The molecule has 6 aliphatic rings. The van der Waals surface area contributed by atoms with E-state index in [2.05, 4.69) is 42.9 Å². The number of halogens is 3. The number of anilines is 3. The van der Waals surface area contributed by atoms with Crippen molar-refractivity contribution < 1.29 is 40.8 Å². The molecule has 5 aliphatic heterocycles. The number of fused-ring (bicyclic) bond motifs is 2. The number of rotatable bonds is 11. The first kappa shape index (κ1) is 43.5. The summed E-state index contributed by atoms with van der Waals surface area (Å²) in [6.45, 7) is 7.02. The van der Waals surface area contributed by atoms with Gasteiger partial charge in [0.15, 0.2) is 11.6 Å². The van der Waals surface area contributed by atoms with E-state index in [1.807, 2.05) is 29.0 Å². The summed E-state index contributed by atoms with van der Waals surface area (Å²) in [5, 5.41) is 0.341. The number of hydrogen-bond donors (Lipinski definition) is 2. The summed E-state index contributed by atoms with van der Waals surface area (Å²) in [4.78, 5) is 67.7. The number of aromatic nitrogens is 2. The highest BCUT2D eigenvalue weighted by Crippen LogP contribution is 2.43. The highest BCUT2D eigenvalue weighted by Gasteiger charge is 2.52. The minimum absolute atomic E-state index is 0.00608. The van der Waals surface area contributed by atoms with Gasteiger partial charge in [-0.3, -0.25) is 23.9 Å². The summed E-state index contributed by atoms with van der Waals surface area (Å²) in [6.07, 6.45) is 4.51. The molecule has 18 heteroatoms. The van der Waals surface area contributed by atoms with Gasteiger partial charge >= 0.3 is 10.2 Å². The molecule has 14 nitrogen and oxygen atoms in total. The molecule has 1 spiro atoms. The van der Waals surface area contributed by atoms with Crippen LogP contribution in [-0.2, 0) is 26.3 Å². The number of likely N-dealkylation sites (tertiary alicyclic amines) is 1. The van der Waals surface area contributed by atoms with Gasteiger partial charge in [-0.1, -0.05) is 12.1 Å². The summed E-state index contributed by atoms with van der Waals surface area (Å²) in [5.41, 5.74) is 4.38. The highest BCUT2D eigenvalue weighted by molar-refractivity contribution is 7.90. The smallest absolute Gasteiger partial charge is 0.301 e. The van der Waals surface area contributed by atoms with E-state index in [0.717, 1.165) is 97.6 Å². The molecule has 0 unspecified atom stereocenters. The lowest BCUT2D eigenvalue weighted by atomic mass is 9.72. The van der Waals surface area contributed by atoms with Crippen molar-refractivity contribution in [3.8, 4) is 11.1 Å². The number of aromatic amines is 1. The van der Waals surface area contributed by atoms with Gasteiger partial charge in [-0.15, -0.1) is 0 Å². The Hall–Kier alpha value is -6.11. The summed E-state index contributed by atoms with van der Waals surface area (Å²) < 4.78 is 73.1. The Balaban J connectivity index is 0.671. The molecule has 5 aromatic rings. The minimum Gasteiger partial charge on any atom is -0.372 e. The van der Waals surface area contributed by atoms with E-state index >= 15 is 8.78 Å². The molecule has 348 valence electrons. The lowest BCUT2D eigenvalue weighted by Gasteiger charge is -2.61. The van der Waals surface area contributed by atoms with Crippen molar-refractivity contribution in [2.45, 2.75) is 57.3 Å². The third kappa shape index (κ3) is 7.95. The molecule has 5 fully saturated rings. The van der Waals surface area contributed by atoms with E-state index in [0.29, 0.717) is 47.5 Å². The summed E-state index contributed by atoms with van der Waals surface area (Å²) in [5.74, 6) is -3.23. The highest BCUT2D eigenvalue weighted by atomic mass is 32.2. The number of pyridine rings is 1. The fourth-order valence-electron chi connectivity index (χ4n) is 11.2. The average Bonchev–Trinajstić information content (AvgIpc) is 4.02. The Morgan fingerprint density at radius 1 is 0.866 bits per heavy atom. The Morgan fingerprint density at radius 3 is 2.36 bits per heavy atom. The molecular weight excluding hydrogens is 886 g/mol. The van der Waals surface area contributed by atoms with Crippen LogP contribution in [0.3, 0.4) is 0 Å². The van der Waals surface area contributed by atoms with E-state index in [1.54, 1.807) is 17.2 Å². The van der Waals surface area contributed by atoms with Crippen LogP contribution in [0, 0.1) is 23.0 Å². The lowest BCUT2D eigenvalue weighted by Crippen LogP contribution is -2.72. The number of carbonyl (C=O) groups excluding carboxylic acids is 4. The van der Waals surface area contributed by atoms with Gasteiger partial charge in [-0.25, -0.2) is 18.2 Å². The second-order valence-electron chi connectivity index (χ2n) is 19.3. The Morgan fingerprint density at radius 2 is 1.63 bits per heavy atom. The van der Waals surface area contributed by atoms with Gasteiger partial charge in [0.05, 0.1) is 23.7 Å². The number of carbonyl (C=O) groups is 4. The van der Waals surface area contributed by atoms with Crippen LogP contribution in [0.4, 0.5) is 30.2 Å². The van der Waals surface area contributed by atoms with Gasteiger partial charge in [-0.05, 0) is 91.3 Å². The summed E-state index contributed by atoms with van der Waals surface area (Å²) >= 11 is 0. The van der Waals surface area contributed by atoms with Crippen LogP contribution in [0.15, 0.2) is 73.1 Å². The van der Waals surface area contributed by atoms with Crippen molar-refractivity contribution >= 4 is 61.6 Å². The maximum absolute atomic E-state index is 15.8. The number of benzene rings is 3. The minimum atomic E-state index is -4.35. The summed E-state index contributed by atoms with van der Waals surface area (Å²) in [6, 6.07) is 17.0. The number of Topliss-reactive ketones (excluding diaryl/α,β-unsaturated/α-hetero) is 2. The second-order valence-corrected chi connectivity index (χ2v) is 21.0. The average molecular weight is 935 g/mol. The van der Waals surface area contributed by atoms with Gasteiger partial charge in [0.25, 0.3) is 5.91 Å². The second kappa shape index (κ2) is 16.6. The first-order chi connectivity index (χ1) is 32.2. The van der Waals surface area contributed by atoms with Crippen LogP contribution in [0.1, 0.15) is 70.4 Å². The van der Waals surface area contributed by atoms with E-state index < -0.39 is 51.1 Å². The van der Waals surface area contributed by atoms with E-state index in [9.17, 15) is 32.0 Å². The molecule has 3 aromatic carbocycles.